The van der Waals surface area contributed by atoms with E-state index in [9.17, 15) is 8.42 Å². The van der Waals surface area contributed by atoms with E-state index in [0.717, 1.165) is 31.9 Å². The van der Waals surface area contributed by atoms with Gasteiger partial charge in [-0.3, -0.25) is 0 Å². The van der Waals surface area contributed by atoms with E-state index >= 15 is 0 Å². The lowest BCUT2D eigenvalue weighted by Gasteiger charge is -2.34. The molecule has 0 bridgehead atoms. The Morgan fingerprint density at radius 1 is 1.24 bits per heavy atom. The highest BCUT2D eigenvalue weighted by Crippen LogP contribution is 2.32. The molecule has 8 heteroatoms. The van der Waals surface area contributed by atoms with Crippen molar-refractivity contribution in [3.8, 4) is 0 Å². The second-order valence-electron chi connectivity index (χ2n) is 5.17. The van der Waals surface area contributed by atoms with E-state index in [1.54, 1.807) is 12.3 Å². The van der Waals surface area contributed by atoms with Crippen LogP contribution in [0.1, 0.15) is 0 Å². The number of nitrogens with one attached hydrogen (secondary N) is 1. The van der Waals surface area contributed by atoms with Crippen molar-refractivity contribution in [1.82, 2.24) is 4.90 Å². The number of fused-ring (bicyclic) bond motifs is 1. The Morgan fingerprint density at radius 3 is 2.62 bits per heavy atom. The van der Waals surface area contributed by atoms with Gasteiger partial charge in [0.25, 0.3) is 10.0 Å². The third-order valence-corrected chi connectivity index (χ3v) is 5.76. The molecular weight excluding hydrogens is 308 g/mol. The topological polar surface area (TPSA) is 65.0 Å². The molecule has 1 aromatic carbocycles. The van der Waals surface area contributed by atoms with Crippen LogP contribution >= 0.6 is 11.8 Å². The van der Waals surface area contributed by atoms with Gasteiger partial charge in [0.2, 0.25) is 0 Å². The molecule has 0 spiro atoms. The monoisotopic (exact) mass is 326 g/mol. The predicted molar refractivity (Wildman–Crippen MR) is 87.9 cm³/mol. The fourth-order valence-corrected chi connectivity index (χ4v) is 4.31. The molecule has 114 valence electrons. The predicted octanol–water partition coefficient (Wildman–Crippen LogP) is 1.27. The highest BCUT2D eigenvalue weighted by Gasteiger charge is 2.26. The van der Waals surface area contributed by atoms with Crippen molar-refractivity contribution in [2.45, 2.75) is 4.90 Å². The standard InChI is InChI=1S/C13H18N4O2S2/c1-16-5-7-17(8-6-16)10-3-4-11-12(9-10)21(18,19)15-13(14-11)20-2/h3-4,9H,5-8H2,1-2H3,(H,14,15). The first-order valence-corrected chi connectivity index (χ1v) is 9.39. The van der Waals surface area contributed by atoms with E-state index in [1.165, 1.54) is 11.8 Å². The maximum atomic E-state index is 12.3. The van der Waals surface area contributed by atoms with Gasteiger partial charge in [0.05, 0.1) is 5.69 Å². The van der Waals surface area contributed by atoms with Crippen molar-refractivity contribution < 1.29 is 8.42 Å². The zero-order chi connectivity index (χ0) is 15.0. The number of sulfonamides is 1. The van der Waals surface area contributed by atoms with Crippen molar-refractivity contribution in [3.63, 3.8) is 0 Å². The van der Waals surface area contributed by atoms with E-state index in [0.29, 0.717) is 10.9 Å². The van der Waals surface area contributed by atoms with Crippen LogP contribution in [0.25, 0.3) is 0 Å². The zero-order valence-corrected chi connectivity index (χ0v) is 13.7. The fourth-order valence-electron chi connectivity index (χ4n) is 2.47. The lowest BCUT2D eigenvalue weighted by Crippen LogP contribution is -2.44. The summed E-state index contributed by atoms with van der Waals surface area (Å²) >= 11 is 1.29. The van der Waals surface area contributed by atoms with E-state index in [1.807, 2.05) is 12.1 Å². The molecule has 2 heterocycles. The van der Waals surface area contributed by atoms with Crippen molar-refractivity contribution >= 4 is 38.3 Å². The van der Waals surface area contributed by atoms with Gasteiger partial charge in [0, 0.05) is 31.9 Å². The number of benzene rings is 1. The van der Waals surface area contributed by atoms with Crippen LogP contribution in [0.15, 0.2) is 27.5 Å². The lowest BCUT2D eigenvalue weighted by atomic mass is 10.2. The lowest BCUT2D eigenvalue weighted by molar-refractivity contribution is 0.313. The Labute approximate surface area is 129 Å². The first-order valence-electron chi connectivity index (χ1n) is 6.73. The molecule has 1 aromatic rings. The molecule has 0 saturated carbocycles. The molecule has 2 aliphatic heterocycles. The number of hydrogen-bond donors (Lipinski definition) is 1. The second kappa shape index (κ2) is 5.51. The maximum Gasteiger partial charge on any atom is 0.286 e. The van der Waals surface area contributed by atoms with Crippen LogP contribution in [0.4, 0.5) is 11.4 Å². The average Bonchev–Trinajstić information content (AvgIpc) is 2.47. The summed E-state index contributed by atoms with van der Waals surface area (Å²) in [7, 11) is -1.51. The molecule has 2 aliphatic rings. The Balaban J connectivity index is 1.94. The van der Waals surface area contributed by atoms with Crippen LogP contribution in [-0.4, -0.2) is 58.0 Å². The minimum atomic E-state index is -3.61. The molecule has 21 heavy (non-hydrogen) atoms. The molecular formula is C13H18N4O2S2. The molecule has 1 N–H and O–H groups in total. The summed E-state index contributed by atoms with van der Waals surface area (Å²) in [5, 5.41) is 3.46. The molecule has 0 radical (unpaired) electrons. The van der Waals surface area contributed by atoms with Gasteiger partial charge in [-0.1, -0.05) is 11.8 Å². The highest BCUT2D eigenvalue weighted by molar-refractivity contribution is 8.14. The normalized spacial score (nSPS) is 21.4. The number of amidine groups is 1. The zero-order valence-electron chi connectivity index (χ0n) is 12.0. The maximum absolute atomic E-state index is 12.3. The number of likely N-dealkylation sites (N-methyl/N-ethyl adjacent to an activating group) is 1. The molecule has 0 unspecified atom stereocenters. The molecule has 1 fully saturated rings. The smallest absolute Gasteiger partial charge is 0.286 e. The summed E-state index contributed by atoms with van der Waals surface area (Å²) in [6.45, 7) is 3.78. The molecule has 0 amide bonds. The van der Waals surface area contributed by atoms with Crippen molar-refractivity contribution in [1.29, 1.82) is 0 Å². The largest absolute Gasteiger partial charge is 0.369 e. The minimum Gasteiger partial charge on any atom is -0.369 e. The van der Waals surface area contributed by atoms with E-state index < -0.39 is 10.0 Å². The van der Waals surface area contributed by atoms with Gasteiger partial charge in [-0.25, -0.2) is 0 Å². The highest BCUT2D eigenvalue weighted by atomic mass is 32.2. The van der Waals surface area contributed by atoms with Crippen LogP contribution < -0.4 is 10.2 Å². The van der Waals surface area contributed by atoms with Gasteiger partial charge in [-0.05, 0) is 31.5 Å². The van der Waals surface area contributed by atoms with Gasteiger partial charge in [-0.2, -0.15) is 8.42 Å². The molecule has 3 rings (SSSR count). The summed E-state index contributed by atoms with van der Waals surface area (Å²) < 4.78 is 28.3. The van der Waals surface area contributed by atoms with Crippen molar-refractivity contribution in [3.05, 3.63) is 18.2 Å². The third kappa shape index (κ3) is 2.88. The Kier molecular flexibility index (Phi) is 3.85. The Bertz CT molecular complexity index is 679. The number of piperazine rings is 1. The SMILES string of the molecule is CSC1=NS(=O)(=O)c2cc(N3CCN(C)CC3)ccc2N1. The summed E-state index contributed by atoms with van der Waals surface area (Å²) in [5.41, 5.74) is 1.54. The van der Waals surface area contributed by atoms with E-state index in [2.05, 4.69) is 26.6 Å². The van der Waals surface area contributed by atoms with Crippen LogP contribution in [0, 0.1) is 0 Å². The van der Waals surface area contributed by atoms with Gasteiger partial charge in [0.1, 0.15) is 4.90 Å². The van der Waals surface area contributed by atoms with Crippen molar-refractivity contribution in [2.24, 2.45) is 4.40 Å². The molecule has 1 saturated heterocycles. The van der Waals surface area contributed by atoms with Crippen molar-refractivity contribution in [2.75, 3.05) is 49.7 Å². The Morgan fingerprint density at radius 2 is 1.95 bits per heavy atom. The molecule has 0 aliphatic carbocycles. The summed E-state index contributed by atoms with van der Waals surface area (Å²) in [5.74, 6) is 0. The number of rotatable bonds is 1. The first-order chi connectivity index (χ1) is 9.99. The number of hydrogen-bond acceptors (Lipinski definition) is 6. The summed E-state index contributed by atoms with van der Waals surface area (Å²) in [6, 6.07) is 5.52. The minimum absolute atomic E-state index is 0.261. The summed E-state index contributed by atoms with van der Waals surface area (Å²) in [4.78, 5) is 4.74. The Hall–Kier alpha value is -1.25. The van der Waals surface area contributed by atoms with Gasteiger partial charge in [-0.15, -0.1) is 4.40 Å². The number of nitrogens with zero attached hydrogens (tertiary/aromatic N) is 3. The third-order valence-electron chi connectivity index (χ3n) is 3.75. The fraction of sp³-hybridized carbons (Fsp3) is 0.462. The molecule has 0 aromatic heterocycles. The second-order valence-corrected chi connectivity index (χ2v) is 7.54. The van der Waals surface area contributed by atoms with Crippen LogP contribution in [0.3, 0.4) is 0 Å². The number of thioether (sulfide) groups is 1. The van der Waals surface area contributed by atoms with E-state index in [4.69, 9.17) is 0 Å². The van der Waals surface area contributed by atoms with Gasteiger partial charge < -0.3 is 15.1 Å². The van der Waals surface area contributed by atoms with Crippen LogP contribution in [0.2, 0.25) is 0 Å². The van der Waals surface area contributed by atoms with Gasteiger partial charge in [0.15, 0.2) is 5.17 Å². The first kappa shape index (κ1) is 14.7. The van der Waals surface area contributed by atoms with Gasteiger partial charge >= 0.3 is 0 Å². The van der Waals surface area contributed by atoms with Crippen LogP contribution in [-0.2, 0) is 10.0 Å². The molecule has 0 atom stereocenters. The average molecular weight is 326 g/mol. The quantitative estimate of drug-likeness (QED) is 0.838. The molecule has 6 nitrogen and oxygen atoms in total. The van der Waals surface area contributed by atoms with E-state index in [-0.39, 0.29) is 4.90 Å². The van der Waals surface area contributed by atoms with Crippen LogP contribution in [0.5, 0.6) is 0 Å². The number of anilines is 2. The summed E-state index contributed by atoms with van der Waals surface area (Å²) in [6.07, 6.45) is 1.80.